The van der Waals surface area contributed by atoms with Gasteiger partial charge in [0.1, 0.15) is 0 Å². The van der Waals surface area contributed by atoms with Gasteiger partial charge in [-0.15, -0.1) is 0 Å². The van der Waals surface area contributed by atoms with Gasteiger partial charge in [0.15, 0.2) is 0 Å². The van der Waals surface area contributed by atoms with Crippen LogP contribution in [0.25, 0.3) is 0 Å². The van der Waals surface area contributed by atoms with Gasteiger partial charge in [0, 0.05) is 4.47 Å². The first-order valence-corrected chi connectivity index (χ1v) is 5.67. The number of nitrogens with one attached hydrogen (secondary N) is 1. The molecule has 2 N–H and O–H groups in total. The summed E-state index contributed by atoms with van der Waals surface area (Å²) in [5.41, 5.74) is 0.934. The summed E-state index contributed by atoms with van der Waals surface area (Å²) >= 11 is 3.09. The minimum absolute atomic E-state index is 0.0144. The van der Waals surface area contributed by atoms with Crippen molar-refractivity contribution in [3.05, 3.63) is 28.2 Å². The molecule has 1 aromatic carbocycles. The Kier molecular flexibility index (Phi) is 3.07. The quantitative estimate of drug-likeness (QED) is 0.796. The van der Waals surface area contributed by atoms with Crippen LogP contribution in [-0.2, 0) is 10.0 Å². The monoisotopic (exact) mass is 265 g/mol. The largest absolute Gasteiger partial charge is 0.302 e. The van der Waals surface area contributed by atoms with Gasteiger partial charge in [0.2, 0.25) is 0 Å². The van der Waals surface area contributed by atoms with E-state index in [1.807, 2.05) is 6.92 Å². The summed E-state index contributed by atoms with van der Waals surface area (Å²) in [5, 5.41) is 8.38. The lowest BCUT2D eigenvalue weighted by atomic mass is 10.2. The number of aryl methyl sites for hydroxylation is 1. The average molecular weight is 266 g/mol. The van der Waals surface area contributed by atoms with Gasteiger partial charge in [-0.3, -0.25) is 0 Å². The van der Waals surface area contributed by atoms with Crippen molar-refractivity contribution in [3.63, 3.8) is 0 Å². The zero-order valence-electron chi connectivity index (χ0n) is 6.78. The lowest BCUT2D eigenvalue weighted by molar-refractivity contribution is 0.242. The molecule has 1 aromatic rings. The fourth-order valence-corrected chi connectivity index (χ4v) is 2.67. The van der Waals surface area contributed by atoms with Crippen LogP contribution in [0.2, 0.25) is 0 Å². The minimum atomic E-state index is -3.79. The molecule has 72 valence electrons. The smallest absolute Gasteiger partial charge is 0.263 e. The van der Waals surface area contributed by atoms with Gasteiger partial charge in [-0.25, -0.2) is 8.42 Å². The van der Waals surface area contributed by atoms with Gasteiger partial charge < -0.3 is 5.21 Å². The zero-order chi connectivity index (χ0) is 10.1. The van der Waals surface area contributed by atoms with E-state index >= 15 is 0 Å². The fraction of sp³-hybridized carbons (Fsp3) is 0.143. The van der Waals surface area contributed by atoms with Crippen LogP contribution in [0.15, 0.2) is 27.6 Å². The molecule has 0 unspecified atom stereocenters. The van der Waals surface area contributed by atoms with E-state index in [2.05, 4.69) is 15.9 Å². The van der Waals surface area contributed by atoms with E-state index in [1.54, 1.807) is 12.1 Å². The summed E-state index contributed by atoms with van der Waals surface area (Å²) in [6.45, 7) is 1.84. The molecular formula is C7H8BrNO3S. The van der Waals surface area contributed by atoms with Crippen LogP contribution >= 0.6 is 15.9 Å². The van der Waals surface area contributed by atoms with E-state index in [-0.39, 0.29) is 4.90 Å². The van der Waals surface area contributed by atoms with Crippen molar-refractivity contribution in [1.29, 1.82) is 0 Å². The molecule has 4 nitrogen and oxygen atoms in total. The lowest BCUT2D eigenvalue weighted by Crippen LogP contribution is -2.19. The van der Waals surface area contributed by atoms with Gasteiger partial charge in [-0.05, 0) is 40.5 Å². The number of halogens is 1. The minimum Gasteiger partial charge on any atom is -0.302 e. The normalized spacial score (nSPS) is 11.6. The summed E-state index contributed by atoms with van der Waals surface area (Å²) in [7, 11) is -3.79. The Hall–Kier alpha value is -0.430. The van der Waals surface area contributed by atoms with Gasteiger partial charge in [0.25, 0.3) is 10.0 Å². The SMILES string of the molecule is Cc1ccc(S(=O)(=O)NO)c(Br)c1. The third-order valence-corrected chi connectivity index (χ3v) is 3.59. The highest BCUT2D eigenvalue weighted by Crippen LogP contribution is 2.22. The van der Waals surface area contributed by atoms with E-state index in [9.17, 15) is 8.42 Å². The zero-order valence-corrected chi connectivity index (χ0v) is 9.18. The predicted molar refractivity (Wildman–Crippen MR) is 51.0 cm³/mol. The Balaban J connectivity index is 3.33. The highest BCUT2D eigenvalue weighted by molar-refractivity contribution is 9.10. The molecule has 0 saturated carbocycles. The average Bonchev–Trinajstić information content (AvgIpc) is 2.03. The Labute approximate surface area is 84.7 Å². The Morgan fingerprint density at radius 3 is 2.54 bits per heavy atom. The van der Waals surface area contributed by atoms with Crippen LogP contribution < -0.4 is 4.89 Å². The van der Waals surface area contributed by atoms with Crippen molar-refractivity contribution in [1.82, 2.24) is 4.89 Å². The van der Waals surface area contributed by atoms with Crippen LogP contribution in [0.1, 0.15) is 5.56 Å². The first kappa shape index (κ1) is 10.6. The van der Waals surface area contributed by atoms with Crippen molar-refractivity contribution in [3.8, 4) is 0 Å². The first-order valence-electron chi connectivity index (χ1n) is 3.39. The number of sulfonamides is 1. The lowest BCUT2D eigenvalue weighted by Gasteiger charge is -2.04. The second-order valence-corrected chi connectivity index (χ2v) is 5.01. The molecule has 0 radical (unpaired) electrons. The van der Waals surface area contributed by atoms with Crippen molar-refractivity contribution in [2.45, 2.75) is 11.8 Å². The maximum atomic E-state index is 11.1. The van der Waals surface area contributed by atoms with Crippen molar-refractivity contribution in [2.75, 3.05) is 0 Å². The Bertz CT molecular complexity index is 416. The molecule has 0 aromatic heterocycles. The van der Waals surface area contributed by atoms with E-state index < -0.39 is 10.0 Å². The highest BCUT2D eigenvalue weighted by Gasteiger charge is 2.15. The second kappa shape index (κ2) is 3.75. The van der Waals surface area contributed by atoms with Gasteiger partial charge in [0.05, 0.1) is 4.90 Å². The summed E-state index contributed by atoms with van der Waals surface area (Å²) in [5.74, 6) is 0. The van der Waals surface area contributed by atoms with E-state index in [4.69, 9.17) is 5.21 Å². The third-order valence-electron chi connectivity index (χ3n) is 1.50. The van der Waals surface area contributed by atoms with E-state index in [0.29, 0.717) is 4.47 Å². The predicted octanol–water partition coefficient (Wildman–Crippen LogP) is 1.43. The first-order chi connectivity index (χ1) is 5.97. The van der Waals surface area contributed by atoms with Crippen LogP contribution in [-0.4, -0.2) is 13.6 Å². The molecule has 0 amide bonds. The maximum Gasteiger partial charge on any atom is 0.263 e. The van der Waals surface area contributed by atoms with Gasteiger partial charge in [-0.2, -0.15) is 0 Å². The van der Waals surface area contributed by atoms with Gasteiger partial charge in [-0.1, -0.05) is 11.0 Å². The summed E-state index contributed by atoms with van der Waals surface area (Å²) in [6, 6.07) is 4.72. The van der Waals surface area contributed by atoms with Gasteiger partial charge >= 0.3 is 0 Å². The molecule has 0 spiro atoms. The molecular weight excluding hydrogens is 258 g/mol. The van der Waals surface area contributed by atoms with Crippen LogP contribution in [0.3, 0.4) is 0 Å². The molecule has 1 rings (SSSR count). The number of rotatable bonds is 2. The molecule has 0 fully saturated rings. The van der Waals surface area contributed by atoms with Crippen LogP contribution in [0.5, 0.6) is 0 Å². The standard InChI is InChI=1S/C7H8BrNO3S/c1-5-2-3-7(6(8)4-5)13(11,12)9-10/h2-4,9-10H,1H3. The Morgan fingerprint density at radius 1 is 1.46 bits per heavy atom. The molecule has 13 heavy (non-hydrogen) atoms. The highest BCUT2D eigenvalue weighted by atomic mass is 79.9. The molecule has 0 saturated heterocycles. The fourth-order valence-electron chi connectivity index (χ4n) is 0.873. The number of hydrogen-bond acceptors (Lipinski definition) is 3. The topological polar surface area (TPSA) is 66.4 Å². The third kappa shape index (κ3) is 2.28. The van der Waals surface area contributed by atoms with Crippen molar-refractivity contribution in [2.24, 2.45) is 0 Å². The number of benzene rings is 1. The summed E-state index contributed by atoms with van der Waals surface area (Å²) in [6.07, 6.45) is 0. The molecule has 6 heteroatoms. The molecule has 0 heterocycles. The Morgan fingerprint density at radius 2 is 2.08 bits per heavy atom. The van der Waals surface area contributed by atoms with Crippen LogP contribution in [0.4, 0.5) is 0 Å². The van der Waals surface area contributed by atoms with E-state index in [0.717, 1.165) is 5.56 Å². The summed E-state index contributed by atoms with van der Waals surface area (Å²) in [4.78, 5) is 1.27. The second-order valence-electron chi connectivity index (χ2n) is 2.53. The molecule has 0 aliphatic heterocycles. The molecule has 0 aliphatic rings. The summed E-state index contributed by atoms with van der Waals surface area (Å²) < 4.78 is 22.7. The molecule has 0 atom stereocenters. The van der Waals surface area contributed by atoms with Crippen molar-refractivity contribution < 1.29 is 13.6 Å². The maximum absolute atomic E-state index is 11.1. The molecule has 0 aliphatic carbocycles. The van der Waals surface area contributed by atoms with Crippen molar-refractivity contribution >= 4 is 26.0 Å². The van der Waals surface area contributed by atoms with E-state index in [1.165, 1.54) is 11.0 Å². The molecule has 0 bridgehead atoms. The van der Waals surface area contributed by atoms with Crippen LogP contribution in [0, 0.1) is 6.92 Å². The number of hydrogen-bond donors (Lipinski definition) is 2.